The minimum atomic E-state index is -3.13. The summed E-state index contributed by atoms with van der Waals surface area (Å²) in [4.78, 5) is 19.0. The normalized spacial score (nSPS) is 24.1. The van der Waals surface area contributed by atoms with Crippen molar-refractivity contribution in [2.75, 3.05) is 5.32 Å². The Balaban J connectivity index is 2.04. The van der Waals surface area contributed by atoms with Gasteiger partial charge in [0.05, 0.1) is 17.3 Å². The molecule has 1 fully saturated rings. The quantitative estimate of drug-likeness (QED) is 0.331. The third kappa shape index (κ3) is 4.02. The molecule has 1 aromatic rings. The van der Waals surface area contributed by atoms with Crippen LogP contribution in [0.15, 0.2) is 11.2 Å². The highest BCUT2D eigenvalue weighted by Crippen LogP contribution is 2.35. The van der Waals surface area contributed by atoms with Gasteiger partial charge in [0.2, 0.25) is 0 Å². The average Bonchev–Trinajstić information content (AvgIpc) is 3.04. The maximum Gasteiger partial charge on any atom is 0.331 e. The van der Waals surface area contributed by atoms with Crippen molar-refractivity contribution in [3.8, 4) is 0 Å². The number of carbonyl (C=O) groups excluding carboxylic acids is 1. The van der Waals surface area contributed by atoms with E-state index in [4.69, 9.17) is 11.5 Å². The van der Waals surface area contributed by atoms with E-state index in [0.717, 1.165) is 6.20 Å². The molecule has 158 valence electrons. The molecule has 1 aliphatic carbocycles. The molecule has 0 aromatic carbocycles. The van der Waals surface area contributed by atoms with E-state index >= 15 is 0 Å². The number of allylic oxidation sites excluding steroid dienone is 1. The lowest BCUT2D eigenvalue weighted by Gasteiger charge is -2.36. The molecule has 1 saturated carbocycles. The second-order valence-electron chi connectivity index (χ2n) is 6.77. The van der Waals surface area contributed by atoms with Gasteiger partial charge in [-0.05, 0) is 12.8 Å². The molecule has 0 saturated heterocycles. The van der Waals surface area contributed by atoms with Crippen molar-refractivity contribution in [1.82, 2.24) is 10.3 Å². The summed E-state index contributed by atoms with van der Waals surface area (Å²) in [7, 11) is 0. The van der Waals surface area contributed by atoms with Crippen LogP contribution in [0.25, 0.3) is 5.57 Å². The van der Waals surface area contributed by atoms with E-state index in [-0.39, 0.29) is 48.2 Å². The summed E-state index contributed by atoms with van der Waals surface area (Å²) in [6.45, 7) is -3.21. The molecular formula is C17H19F5N6O. The van der Waals surface area contributed by atoms with Crippen molar-refractivity contribution in [2.45, 2.75) is 50.4 Å². The molecule has 6 N–H and O–H groups in total. The van der Waals surface area contributed by atoms with E-state index in [2.05, 4.69) is 20.6 Å². The maximum atomic E-state index is 14.9. The van der Waals surface area contributed by atoms with Crippen molar-refractivity contribution in [3.05, 3.63) is 28.8 Å². The molecule has 0 radical (unpaired) electrons. The zero-order valence-corrected chi connectivity index (χ0v) is 15.1. The van der Waals surface area contributed by atoms with E-state index in [1.54, 1.807) is 0 Å². The molecule has 2 aliphatic rings. The van der Waals surface area contributed by atoms with Gasteiger partial charge in [-0.1, -0.05) is 0 Å². The van der Waals surface area contributed by atoms with Crippen LogP contribution in [-0.4, -0.2) is 41.7 Å². The number of halogens is 5. The molecule has 2 heterocycles. The number of fused-ring (bicyclic) bond motifs is 1. The number of amides is 1. The number of anilines is 1. The zero-order chi connectivity index (χ0) is 21.3. The third-order valence-electron chi connectivity index (χ3n) is 4.94. The fourth-order valence-corrected chi connectivity index (χ4v) is 3.44. The van der Waals surface area contributed by atoms with Crippen LogP contribution in [0.1, 0.15) is 40.9 Å². The van der Waals surface area contributed by atoms with E-state index in [1.165, 1.54) is 0 Å². The Morgan fingerprint density at radius 2 is 2.14 bits per heavy atom. The number of nitrogens with one attached hydrogen (secondary N) is 2. The van der Waals surface area contributed by atoms with Crippen molar-refractivity contribution < 1.29 is 26.7 Å². The van der Waals surface area contributed by atoms with Gasteiger partial charge in [0.1, 0.15) is 0 Å². The zero-order valence-electron chi connectivity index (χ0n) is 15.1. The summed E-state index contributed by atoms with van der Waals surface area (Å²) in [5.41, 5.74) is 10.5. The summed E-state index contributed by atoms with van der Waals surface area (Å²) >= 11 is 0. The van der Waals surface area contributed by atoms with Crippen molar-refractivity contribution >= 4 is 23.5 Å². The molecule has 1 amide bonds. The van der Waals surface area contributed by atoms with Gasteiger partial charge in [-0.2, -0.15) is 8.78 Å². The number of aromatic nitrogens is 1. The Labute approximate surface area is 162 Å². The predicted molar refractivity (Wildman–Crippen MR) is 96.2 cm³/mol. The molecule has 7 nitrogen and oxygen atoms in total. The van der Waals surface area contributed by atoms with E-state index in [1.807, 2.05) is 0 Å². The average molecular weight is 418 g/mol. The molecule has 0 unspecified atom stereocenters. The molecule has 0 bridgehead atoms. The first-order valence-corrected chi connectivity index (χ1v) is 8.79. The summed E-state index contributed by atoms with van der Waals surface area (Å²) in [6, 6.07) is -2.55. The maximum absolute atomic E-state index is 14.9. The minimum Gasteiger partial charge on any atom is -0.404 e. The van der Waals surface area contributed by atoms with Crippen LogP contribution in [0, 0.1) is 5.82 Å². The lowest BCUT2D eigenvalue weighted by atomic mass is 9.87. The van der Waals surface area contributed by atoms with Gasteiger partial charge in [0.25, 0.3) is 11.8 Å². The highest BCUT2D eigenvalue weighted by molar-refractivity contribution is 6.14. The van der Waals surface area contributed by atoms with Gasteiger partial charge in [0.15, 0.2) is 11.6 Å². The lowest BCUT2D eigenvalue weighted by Crippen LogP contribution is -2.55. The Bertz CT molecular complexity index is 872. The summed E-state index contributed by atoms with van der Waals surface area (Å²) in [5, 5.41) is 5.00. The number of alkyl halides is 4. The van der Waals surface area contributed by atoms with Gasteiger partial charge in [0, 0.05) is 42.6 Å². The lowest BCUT2D eigenvalue weighted by molar-refractivity contribution is -0.0555. The minimum absolute atomic E-state index is 0.0801. The number of hydrogen-bond acceptors (Lipinski definition) is 6. The third-order valence-corrected chi connectivity index (χ3v) is 4.94. The smallest absolute Gasteiger partial charge is 0.331 e. The first-order chi connectivity index (χ1) is 13.7. The number of nitrogens with two attached hydrogens (primary N) is 2. The van der Waals surface area contributed by atoms with Gasteiger partial charge in [-0.3, -0.25) is 4.79 Å². The van der Waals surface area contributed by atoms with E-state index < -0.39 is 42.1 Å². The first kappa shape index (κ1) is 21.0. The van der Waals surface area contributed by atoms with Crippen LogP contribution < -0.4 is 22.1 Å². The van der Waals surface area contributed by atoms with Gasteiger partial charge < -0.3 is 22.1 Å². The van der Waals surface area contributed by atoms with Crippen LogP contribution in [0.2, 0.25) is 0 Å². The molecule has 3 rings (SSSR count). The summed E-state index contributed by atoms with van der Waals surface area (Å²) in [5.74, 6) is -5.13. The number of nitrogens with zero attached hydrogens (tertiary/aromatic N) is 2. The molecule has 2 atom stereocenters. The number of rotatable bonds is 5. The van der Waals surface area contributed by atoms with Gasteiger partial charge in [-0.25, -0.2) is 23.1 Å². The summed E-state index contributed by atoms with van der Waals surface area (Å²) in [6.07, 6.45) is 1.66. The Kier molecular flexibility index (Phi) is 5.73. The van der Waals surface area contributed by atoms with Crippen LogP contribution >= 0.6 is 0 Å². The SMILES string of the molecule is NC=C(C=NC(F)F)c1nc(N[C@@H]2CCCC(F)(F)[C@@H]2N)c(F)c2c1C(=O)NC2. The van der Waals surface area contributed by atoms with Gasteiger partial charge in [-0.15, -0.1) is 0 Å². The highest BCUT2D eigenvalue weighted by atomic mass is 19.3. The monoisotopic (exact) mass is 418 g/mol. The highest BCUT2D eigenvalue weighted by Gasteiger charge is 2.45. The van der Waals surface area contributed by atoms with Crippen LogP contribution in [0.5, 0.6) is 0 Å². The Morgan fingerprint density at radius 3 is 2.79 bits per heavy atom. The number of aliphatic imine (C=N–C) groups is 1. The fraction of sp³-hybridized carbons (Fsp3) is 0.471. The van der Waals surface area contributed by atoms with Crippen LogP contribution in [0.4, 0.5) is 27.8 Å². The first-order valence-electron chi connectivity index (χ1n) is 8.79. The molecule has 0 spiro atoms. The molecule has 29 heavy (non-hydrogen) atoms. The second-order valence-corrected chi connectivity index (χ2v) is 6.77. The summed E-state index contributed by atoms with van der Waals surface area (Å²) < 4.78 is 67.6. The van der Waals surface area contributed by atoms with Crippen LogP contribution in [0.3, 0.4) is 0 Å². The predicted octanol–water partition coefficient (Wildman–Crippen LogP) is 1.98. The van der Waals surface area contributed by atoms with E-state index in [9.17, 15) is 26.7 Å². The van der Waals surface area contributed by atoms with Crippen molar-refractivity contribution in [1.29, 1.82) is 0 Å². The number of hydrogen-bond donors (Lipinski definition) is 4. The Morgan fingerprint density at radius 1 is 1.41 bits per heavy atom. The van der Waals surface area contributed by atoms with Crippen LogP contribution in [-0.2, 0) is 6.54 Å². The Hall–Kier alpha value is -2.76. The van der Waals surface area contributed by atoms with Crippen molar-refractivity contribution in [3.63, 3.8) is 0 Å². The number of carbonyl (C=O) groups is 1. The second kappa shape index (κ2) is 7.93. The molecule has 1 aromatic heterocycles. The molecular weight excluding hydrogens is 399 g/mol. The topological polar surface area (TPSA) is 118 Å². The number of pyridine rings is 1. The standard InChI is InChI=1S/C17H19F5N6O/c18-11-8-6-25-15(29)10(8)12(7(4-23)5-26-16(19)20)28-14(11)27-9-2-1-3-17(21,22)13(9)24/h4-5,9,13,16H,1-3,6,23-24H2,(H,25,29)(H,27,28)/t9-,13-/m1/s1. The van der Waals surface area contributed by atoms with Crippen molar-refractivity contribution in [2.24, 2.45) is 16.5 Å². The molecule has 1 aliphatic heterocycles. The van der Waals surface area contributed by atoms with Gasteiger partial charge >= 0.3 is 6.55 Å². The largest absolute Gasteiger partial charge is 0.404 e. The molecule has 12 heteroatoms. The fourth-order valence-electron chi connectivity index (χ4n) is 3.44. The van der Waals surface area contributed by atoms with E-state index in [0.29, 0.717) is 6.21 Å².